The predicted molar refractivity (Wildman–Crippen MR) is 118 cm³/mol. The van der Waals surface area contributed by atoms with Crippen LogP contribution in [0.5, 0.6) is 11.5 Å². The van der Waals surface area contributed by atoms with Crippen molar-refractivity contribution in [2.75, 3.05) is 26.1 Å². The van der Waals surface area contributed by atoms with E-state index in [9.17, 15) is 9.59 Å². The molecule has 0 atom stereocenters. The lowest BCUT2D eigenvalue weighted by Gasteiger charge is -2.09. The fourth-order valence-corrected chi connectivity index (χ4v) is 3.91. The van der Waals surface area contributed by atoms with E-state index < -0.39 is 5.97 Å². The van der Waals surface area contributed by atoms with Crippen molar-refractivity contribution in [1.29, 1.82) is 0 Å². The van der Waals surface area contributed by atoms with E-state index in [1.807, 2.05) is 41.8 Å². The van der Waals surface area contributed by atoms with Gasteiger partial charge < -0.3 is 19.5 Å². The third-order valence-electron chi connectivity index (χ3n) is 4.45. The molecule has 0 aliphatic heterocycles. The first-order valence-corrected chi connectivity index (χ1v) is 10.3. The highest BCUT2D eigenvalue weighted by atomic mass is 32.1. The van der Waals surface area contributed by atoms with E-state index >= 15 is 0 Å². The zero-order chi connectivity index (χ0) is 21.5. The highest BCUT2D eigenvalue weighted by Crippen LogP contribution is 2.37. The van der Waals surface area contributed by atoms with Crippen molar-refractivity contribution in [1.82, 2.24) is 0 Å². The van der Waals surface area contributed by atoms with Gasteiger partial charge in [0, 0.05) is 10.9 Å². The summed E-state index contributed by atoms with van der Waals surface area (Å²) in [5.74, 6) is 0.768. The molecule has 1 aromatic heterocycles. The van der Waals surface area contributed by atoms with Crippen LogP contribution in [0, 0.1) is 0 Å². The Morgan fingerprint density at radius 1 is 0.933 bits per heavy atom. The zero-order valence-corrected chi connectivity index (χ0v) is 17.9. The van der Waals surface area contributed by atoms with Gasteiger partial charge in [-0.3, -0.25) is 4.79 Å². The van der Waals surface area contributed by atoms with Gasteiger partial charge in [-0.15, -0.1) is 11.3 Å². The summed E-state index contributed by atoms with van der Waals surface area (Å²) in [6.45, 7) is 2.00. The molecule has 30 heavy (non-hydrogen) atoms. The first-order chi connectivity index (χ1) is 14.5. The quantitative estimate of drug-likeness (QED) is 0.525. The van der Waals surface area contributed by atoms with Crippen molar-refractivity contribution in [2.45, 2.75) is 13.3 Å². The molecule has 1 N–H and O–H groups in total. The van der Waals surface area contributed by atoms with E-state index in [1.54, 1.807) is 33.3 Å². The van der Waals surface area contributed by atoms with E-state index in [2.05, 4.69) is 5.32 Å². The van der Waals surface area contributed by atoms with Crippen LogP contribution in [-0.2, 0) is 16.0 Å². The maximum atomic E-state index is 12.6. The Morgan fingerprint density at radius 3 is 2.10 bits per heavy atom. The lowest BCUT2D eigenvalue weighted by atomic mass is 10.0. The summed E-state index contributed by atoms with van der Waals surface area (Å²) in [5.41, 5.74) is 2.75. The molecule has 156 valence electrons. The summed E-state index contributed by atoms with van der Waals surface area (Å²) in [5, 5.41) is 5.18. The molecule has 1 amide bonds. The number of thiophene rings is 1. The number of ether oxygens (including phenoxy) is 3. The van der Waals surface area contributed by atoms with Crippen molar-refractivity contribution < 1.29 is 23.8 Å². The van der Waals surface area contributed by atoms with Gasteiger partial charge in [-0.25, -0.2) is 4.79 Å². The van der Waals surface area contributed by atoms with Crippen LogP contribution in [0.1, 0.15) is 22.8 Å². The van der Waals surface area contributed by atoms with Crippen molar-refractivity contribution in [2.24, 2.45) is 0 Å². The molecular weight excluding hydrogens is 402 g/mol. The van der Waals surface area contributed by atoms with Crippen LogP contribution in [0.4, 0.5) is 5.00 Å². The average Bonchev–Trinajstić information content (AvgIpc) is 3.18. The van der Waals surface area contributed by atoms with Gasteiger partial charge in [0.25, 0.3) is 0 Å². The van der Waals surface area contributed by atoms with Crippen molar-refractivity contribution in [3.05, 3.63) is 65.0 Å². The summed E-state index contributed by atoms with van der Waals surface area (Å²) >= 11 is 1.30. The Bertz CT molecular complexity index is 1010. The van der Waals surface area contributed by atoms with Crippen LogP contribution in [-0.4, -0.2) is 32.7 Å². The minimum Gasteiger partial charge on any atom is -0.497 e. The molecule has 0 radical (unpaired) electrons. The maximum absolute atomic E-state index is 12.6. The third kappa shape index (κ3) is 4.99. The molecule has 0 aliphatic carbocycles. The molecule has 2 aromatic carbocycles. The molecule has 0 saturated heterocycles. The van der Waals surface area contributed by atoms with E-state index in [0.29, 0.717) is 16.1 Å². The van der Waals surface area contributed by atoms with Crippen LogP contribution >= 0.6 is 11.3 Å². The van der Waals surface area contributed by atoms with Gasteiger partial charge in [-0.1, -0.05) is 24.3 Å². The molecule has 0 unspecified atom stereocenters. The normalized spacial score (nSPS) is 10.4. The number of carbonyl (C=O) groups is 2. The minimum absolute atomic E-state index is 0.183. The minimum atomic E-state index is -0.468. The Morgan fingerprint density at radius 2 is 1.53 bits per heavy atom. The van der Waals surface area contributed by atoms with Crippen LogP contribution in [0.25, 0.3) is 11.1 Å². The lowest BCUT2D eigenvalue weighted by Crippen LogP contribution is -2.16. The Labute approximate surface area is 179 Å². The molecule has 6 nitrogen and oxygen atoms in total. The molecule has 0 saturated carbocycles. The van der Waals surface area contributed by atoms with Crippen LogP contribution in [0.3, 0.4) is 0 Å². The zero-order valence-electron chi connectivity index (χ0n) is 17.1. The monoisotopic (exact) mass is 425 g/mol. The van der Waals surface area contributed by atoms with Crippen molar-refractivity contribution in [3.8, 4) is 22.6 Å². The average molecular weight is 426 g/mol. The van der Waals surface area contributed by atoms with Gasteiger partial charge in [-0.05, 0) is 42.3 Å². The summed E-state index contributed by atoms with van der Waals surface area (Å²) in [4.78, 5) is 25.2. The predicted octanol–water partition coefficient (Wildman–Crippen LogP) is 4.79. The Balaban J connectivity index is 1.84. The number of benzene rings is 2. The summed E-state index contributed by atoms with van der Waals surface area (Å²) in [7, 11) is 3.19. The van der Waals surface area contributed by atoms with Gasteiger partial charge in [0.2, 0.25) is 5.91 Å². The number of hydrogen-bond donors (Lipinski definition) is 1. The van der Waals surface area contributed by atoms with Crippen LogP contribution in [0.15, 0.2) is 53.9 Å². The SMILES string of the molecule is CCOC(=O)c1c(-c2ccc(OC)cc2)csc1NC(=O)Cc1ccc(OC)cc1. The fraction of sp³-hybridized carbons (Fsp3) is 0.217. The molecule has 7 heteroatoms. The Hall–Kier alpha value is -3.32. The molecule has 3 aromatic rings. The summed E-state index contributed by atoms with van der Waals surface area (Å²) in [6.07, 6.45) is 0.183. The highest BCUT2D eigenvalue weighted by Gasteiger charge is 2.23. The second-order valence-corrected chi connectivity index (χ2v) is 7.26. The maximum Gasteiger partial charge on any atom is 0.341 e. The Kier molecular flexibility index (Phi) is 7.08. The largest absolute Gasteiger partial charge is 0.497 e. The van der Waals surface area contributed by atoms with Gasteiger partial charge in [0.1, 0.15) is 22.1 Å². The number of nitrogens with one attached hydrogen (secondary N) is 1. The first-order valence-electron chi connectivity index (χ1n) is 9.41. The fourth-order valence-electron chi connectivity index (χ4n) is 2.94. The standard InChI is InChI=1S/C23H23NO5S/c1-4-29-23(26)21-19(16-7-11-18(28-3)12-8-16)14-30-22(21)24-20(25)13-15-5-9-17(27-2)10-6-15/h5-12,14H,4,13H2,1-3H3,(H,24,25). The molecule has 0 bridgehead atoms. The number of esters is 1. The van der Waals surface area contributed by atoms with Crippen LogP contribution in [0.2, 0.25) is 0 Å². The van der Waals surface area contributed by atoms with Gasteiger partial charge in [0.15, 0.2) is 0 Å². The van der Waals surface area contributed by atoms with E-state index in [0.717, 1.165) is 22.6 Å². The molecular formula is C23H23NO5S. The molecule has 0 aliphatic rings. The second-order valence-electron chi connectivity index (χ2n) is 6.38. The van der Waals surface area contributed by atoms with E-state index in [4.69, 9.17) is 14.2 Å². The van der Waals surface area contributed by atoms with Gasteiger partial charge in [0.05, 0.1) is 27.2 Å². The highest BCUT2D eigenvalue weighted by molar-refractivity contribution is 7.15. The third-order valence-corrected chi connectivity index (χ3v) is 5.34. The summed E-state index contributed by atoms with van der Waals surface area (Å²) in [6, 6.07) is 14.7. The van der Waals surface area contributed by atoms with Gasteiger partial charge >= 0.3 is 5.97 Å². The van der Waals surface area contributed by atoms with E-state index in [1.165, 1.54) is 11.3 Å². The van der Waals surface area contributed by atoms with Crippen molar-refractivity contribution in [3.63, 3.8) is 0 Å². The number of amides is 1. The second kappa shape index (κ2) is 9.93. The molecule has 0 fully saturated rings. The summed E-state index contributed by atoms with van der Waals surface area (Å²) < 4.78 is 15.6. The number of carbonyl (C=O) groups excluding carboxylic acids is 2. The molecule has 3 rings (SSSR count). The number of methoxy groups -OCH3 is 2. The van der Waals surface area contributed by atoms with E-state index in [-0.39, 0.29) is 18.9 Å². The number of anilines is 1. The first kappa shape index (κ1) is 21.4. The topological polar surface area (TPSA) is 73.9 Å². The molecule has 0 spiro atoms. The van der Waals surface area contributed by atoms with Crippen LogP contribution < -0.4 is 14.8 Å². The smallest absolute Gasteiger partial charge is 0.341 e. The number of rotatable bonds is 8. The lowest BCUT2D eigenvalue weighted by molar-refractivity contribution is -0.115. The number of hydrogen-bond acceptors (Lipinski definition) is 6. The molecule has 1 heterocycles. The van der Waals surface area contributed by atoms with Gasteiger partial charge in [-0.2, -0.15) is 0 Å². The van der Waals surface area contributed by atoms with Crippen molar-refractivity contribution >= 4 is 28.2 Å².